The molecule has 0 N–H and O–H groups in total. The molecule has 0 aromatic heterocycles. The molecule has 0 aliphatic heterocycles. The zero-order valence-electron chi connectivity index (χ0n) is 5.82. The number of allylic oxidation sites excluding steroid dienone is 1. The maximum Gasteiger partial charge on any atom is 0.187 e. The summed E-state index contributed by atoms with van der Waals surface area (Å²) in [7, 11) is 0. The average molecular weight is 142 g/mol. The summed E-state index contributed by atoms with van der Waals surface area (Å²) in [6.07, 6.45) is 8.61. The molecule has 0 saturated carbocycles. The zero-order chi connectivity index (χ0) is 6.24. The van der Waals surface area contributed by atoms with Gasteiger partial charge in [-0.3, -0.25) is 0 Å². The standard InChI is InChI=1S/C8H16.Al.3H/c1-3-5-7-8-6-4-2;;;;/h3H,1,4-8H2,2H3;;;;. The van der Waals surface area contributed by atoms with Crippen molar-refractivity contribution in [3.63, 3.8) is 0 Å². The molecule has 0 unspecified atom stereocenters. The topological polar surface area (TPSA) is 0 Å². The van der Waals surface area contributed by atoms with E-state index in [2.05, 4.69) is 13.5 Å². The molecule has 0 aliphatic rings. The van der Waals surface area contributed by atoms with Gasteiger partial charge in [0, 0.05) is 0 Å². The molecule has 9 heavy (non-hydrogen) atoms. The Kier molecular flexibility index (Phi) is 14.8. The van der Waals surface area contributed by atoms with E-state index in [1.807, 2.05) is 6.08 Å². The van der Waals surface area contributed by atoms with E-state index in [1.54, 1.807) is 0 Å². The Morgan fingerprint density at radius 3 is 2.33 bits per heavy atom. The smallest absolute Gasteiger partial charge is 0.103 e. The van der Waals surface area contributed by atoms with Crippen LogP contribution in [0.5, 0.6) is 0 Å². The van der Waals surface area contributed by atoms with Crippen LogP contribution in [-0.4, -0.2) is 17.4 Å². The molecule has 0 atom stereocenters. The second kappa shape index (κ2) is 11.1. The van der Waals surface area contributed by atoms with Crippen LogP contribution in [0.25, 0.3) is 0 Å². The lowest BCUT2D eigenvalue weighted by molar-refractivity contribution is 0.675. The second-order valence-corrected chi connectivity index (χ2v) is 2.14. The van der Waals surface area contributed by atoms with Gasteiger partial charge in [-0.15, -0.1) is 6.58 Å². The fraction of sp³-hybridized carbons (Fsp3) is 0.750. The molecule has 0 heterocycles. The maximum atomic E-state index is 3.66. The Balaban J connectivity index is 0. The lowest BCUT2D eigenvalue weighted by Gasteiger charge is -1.91. The Morgan fingerprint density at radius 2 is 1.89 bits per heavy atom. The van der Waals surface area contributed by atoms with Crippen molar-refractivity contribution < 1.29 is 0 Å². The van der Waals surface area contributed by atoms with Gasteiger partial charge in [-0.2, -0.15) is 0 Å². The van der Waals surface area contributed by atoms with E-state index in [0.29, 0.717) is 0 Å². The monoisotopic (exact) mass is 142 g/mol. The molecule has 0 saturated heterocycles. The van der Waals surface area contributed by atoms with Crippen LogP contribution in [0, 0.1) is 0 Å². The quantitative estimate of drug-likeness (QED) is 0.313. The van der Waals surface area contributed by atoms with Crippen LogP contribution in [0.1, 0.15) is 39.0 Å². The van der Waals surface area contributed by atoms with Crippen molar-refractivity contribution in [3.8, 4) is 0 Å². The molecule has 0 spiro atoms. The van der Waals surface area contributed by atoms with E-state index in [4.69, 9.17) is 0 Å². The summed E-state index contributed by atoms with van der Waals surface area (Å²) >= 11 is 0. The molecule has 0 bridgehead atoms. The minimum absolute atomic E-state index is 0. The summed E-state index contributed by atoms with van der Waals surface area (Å²) in [6, 6.07) is 0. The SMILES string of the molecule is C=CCCCCCC.[AlH3]. The highest BCUT2D eigenvalue weighted by Gasteiger charge is 1.81. The van der Waals surface area contributed by atoms with Gasteiger partial charge in [0.15, 0.2) is 17.4 Å². The van der Waals surface area contributed by atoms with E-state index in [9.17, 15) is 0 Å². The van der Waals surface area contributed by atoms with Gasteiger partial charge in [-0.05, 0) is 12.8 Å². The summed E-state index contributed by atoms with van der Waals surface area (Å²) in [5, 5.41) is 0. The summed E-state index contributed by atoms with van der Waals surface area (Å²) in [6.45, 7) is 5.89. The minimum atomic E-state index is 0. The highest BCUT2D eigenvalue weighted by molar-refractivity contribution is 5.75. The van der Waals surface area contributed by atoms with Crippen LogP contribution in [0.4, 0.5) is 0 Å². The summed E-state index contributed by atoms with van der Waals surface area (Å²) in [5.74, 6) is 0. The van der Waals surface area contributed by atoms with Crippen LogP contribution < -0.4 is 0 Å². The number of hydrogen-bond acceptors (Lipinski definition) is 0. The Hall–Kier alpha value is 0.272. The third-order valence-electron chi connectivity index (χ3n) is 1.26. The van der Waals surface area contributed by atoms with Crippen LogP contribution in [0.2, 0.25) is 0 Å². The Morgan fingerprint density at radius 1 is 1.22 bits per heavy atom. The molecule has 0 rings (SSSR count). The van der Waals surface area contributed by atoms with E-state index < -0.39 is 0 Å². The molecule has 0 aliphatic carbocycles. The van der Waals surface area contributed by atoms with Crippen LogP contribution >= 0.6 is 0 Å². The largest absolute Gasteiger partial charge is 0.187 e. The third-order valence-corrected chi connectivity index (χ3v) is 1.26. The fourth-order valence-electron chi connectivity index (χ4n) is 0.715. The van der Waals surface area contributed by atoms with E-state index in [-0.39, 0.29) is 17.4 Å². The lowest BCUT2D eigenvalue weighted by Crippen LogP contribution is -1.71. The first-order chi connectivity index (χ1) is 3.91. The highest BCUT2D eigenvalue weighted by Crippen LogP contribution is 2.01. The Labute approximate surface area is 69.5 Å². The molecule has 54 valence electrons. The predicted molar refractivity (Wildman–Crippen MR) is 48.9 cm³/mol. The maximum absolute atomic E-state index is 3.66. The molecular weight excluding hydrogens is 123 g/mol. The molecule has 0 nitrogen and oxygen atoms in total. The molecule has 0 aromatic carbocycles. The Bertz CT molecular complexity index is 50.5. The summed E-state index contributed by atoms with van der Waals surface area (Å²) < 4.78 is 0. The fourth-order valence-corrected chi connectivity index (χ4v) is 0.715. The average Bonchev–Trinajstić information content (AvgIpc) is 1.81. The van der Waals surface area contributed by atoms with E-state index in [0.717, 1.165) is 0 Å². The van der Waals surface area contributed by atoms with Gasteiger partial charge in [0.05, 0.1) is 0 Å². The zero-order valence-corrected chi connectivity index (χ0v) is 5.82. The van der Waals surface area contributed by atoms with Gasteiger partial charge in [0.1, 0.15) is 0 Å². The van der Waals surface area contributed by atoms with Crippen LogP contribution in [0.15, 0.2) is 12.7 Å². The first kappa shape index (κ1) is 12.0. The van der Waals surface area contributed by atoms with Crippen molar-refractivity contribution in [1.29, 1.82) is 0 Å². The molecule has 0 fully saturated rings. The first-order valence-electron chi connectivity index (χ1n) is 3.52. The molecule has 1 heteroatoms. The van der Waals surface area contributed by atoms with Crippen molar-refractivity contribution >= 4 is 17.4 Å². The van der Waals surface area contributed by atoms with Gasteiger partial charge in [-0.1, -0.05) is 32.3 Å². The lowest BCUT2D eigenvalue weighted by atomic mass is 10.2. The first-order valence-corrected chi connectivity index (χ1v) is 3.52. The highest BCUT2D eigenvalue weighted by atomic mass is 27.0. The van der Waals surface area contributed by atoms with Crippen molar-refractivity contribution in [1.82, 2.24) is 0 Å². The number of unbranched alkanes of at least 4 members (excludes halogenated alkanes) is 4. The van der Waals surface area contributed by atoms with Crippen molar-refractivity contribution in [2.24, 2.45) is 0 Å². The van der Waals surface area contributed by atoms with Gasteiger partial charge < -0.3 is 0 Å². The predicted octanol–water partition coefficient (Wildman–Crippen LogP) is 1.96. The third kappa shape index (κ3) is 11.7. The van der Waals surface area contributed by atoms with Gasteiger partial charge in [0.25, 0.3) is 0 Å². The van der Waals surface area contributed by atoms with Crippen LogP contribution in [-0.2, 0) is 0 Å². The second-order valence-electron chi connectivity index (χ2n) is 2.14. The number of rotatable bonds is 5. The van der Waals surface area contributed by atoms with E-state index >= 15 is 0 Å². The van der Waals surface area contributed by atoms with Crippen molar-refractivity contribution in [3.05, 3.63) is 12.7 Å². The van der Waals surface area contributed by atoms with Gasteiger partial charge in [-0.25, -0.2) is 0 Å². The molecule has 0 radical (unpaired) electrons. The molecule has 0 aromatic rings. The summed E-state index contributed by atoms with van der Waals surface area (Å²) in [4.78, 5) is 0. The number of hydrogen-bond donors (Lipinski definition) is 0. The van der Waals surface area contributed by atoms with E-state index in [1.165, 1.54) is 32.1 Å². The molecular formula is C8H19Al. The van der Waals surface area contributed by atoms with Crippen LogP contribution in [0.3, 0.4) is 0 Å². The summed E-state index contributed by atoms with van der Waals surface area (Å²) in [5.41, 5.74) is 0. The van der Waals surface area contributed by atoms with Crippen molar-refractivity contribution in [2.75, 3.05) is 0 Å². The normalized spacial score (nSPS) is 8.11. The minimum Gasteiger partial charge on any atom is -0.103 e. The van der Waals surface area contributed by atoms with Gasteiger partial charge >= 0.3 is 0 Å². The van der Waals surface area contributed by atoms with Crippen molar-refractivity contribution in [2.45, 2.75) is 39.0 Å². The van der Waals surface area contributed by atoms with Gasteiger partial charge in [0.2, 0.25) is 0 Å². The molecule has 0 amide bonds.